The van der Waals surface area contributed by atoms with Crippen LogP contribution in [0.25, 0.3) is 16.5 Å². The van der Waals surface area contributed by atoms with Crippen LogP contribution < -0.4 is 0 Å². The topological polar surface area (TPSA) is 74.8 Å². The van der Waals surface area contributed by atoms with Crippen LogP contribution in [-0.2, 0) is 0 Å². The highest BCUT2D eigenvalue weighted by Gasteiger charge is 2.03. The lowest BCUT2D eigenvalue weighted by atomic mass is 10.2. The Morgan fingerprint density at radius 2 is 2.38 bits per heavy atom. The summed E-state index contributed by atoms with van der Waals surface area (Å²) in [5.74, 6) is 0.773. The van der Waals surface area contributed by atoms with Gasteiger partial charge in [-0.2, -0.15) is 0 Å². The van der Waals surface area contributed by atoms with Crippen LogP contribution in [0.2, 0.25) is 0 Å². The normalized spacial score (nSPS) is 10.3. The molecule has 0 amide bonds. The van der Waals surface area contributed by atoms with Crippen molar-refractivity contribution in [3.63, 3.8) is 0 Å². The fraction of sp³-hybridized carbons (Fsp3) is 0.375. The predicted octanol–water partition coefficient (Wildman–Crippen LogP) is 2.61. The number of nitrogens with zero attached hydrogens (tertiary/aromatic N) is 4. The fourth-order valence-electron chi connectivity index (χ4n) is 0.982. The molecule has 0 N–H and O–H groups in total. The highest BCUT2D eigenvalue weighted by molar-refractivity contribution is 5.53. The Balaban J connectivity index is 2.72. The van der Waals surface area contributed by atoms with Gasteiger partial charge in [0.1, 0.15) is 5.76 Å². The lowest BCUT2D eigenvalue weighted by Crippen LogP contribution is -1.77. The average molecular weight is 178 g/mol. The van der Waals surface area contributed by atoms with Gasteiger partial charge in [-0.3, -0.25) is 0 Å². The molecule has 0 aliphatic carbocycles. The summed E-state index contributed by atoms with van der Waals surface area (Å²) in [6, 6.07) is 0. The summed E-state index contributed by atoms with van der Waals surface area (Å²) in [6.07, 6.45) is 3.61. The minimum atomic E-state index is 0.348. The SMILES string of the molecule is Cc1noc(C)c1C=CCN=[N+]=[N-]. The van der Waals surface area contributed by atoms with Crippen molar-refractivity contribution in [3.05, 3.63) is 33.5 Å². The minimum absolute atomic E-state index is 0.348. The van der Waals surface area contributed by atoms with E-state index >= 15 is 0 Å². The largest absolute Gasteiger partial charge is 0.361 e. The Morgan fingerprint density at radius 3 is 2.92 bits per heavy atom. The standard InChI is InChI=1S/C8H10N4O/c1-6-8(7(2)13-11-6)4-3-5-10-12-9/h3-4H,5H2,1-2H3. The zero-order valence-electron chi connectivity index (χ0n) is 7.56. The van der Waals surface area contributed by atoms with E-state index in [0.29, 0.717) is 6.54 Å². The molecule has 0 aromatic carbocycles. The molecule has 0 atom stereocenters. The van der Waals surface area contributed by atoms with E-state index in [1.807, 2.05) is 19.9 Å². The molecule has 1 heterocycles. The van der Waals surface area contributed by atoms with Crippen LogP contribution in [-0.4, -0.2) is 11.7 Å². The van der Waals surface area contributed by atoms with Gasteiger partial charge in [0.2, 0.25) is 0 Å². The molecule has 0 bridgehead atoms. The summed E-state index contributed by atoms with van der Waals surface area (Å²) in [5, 5.41) is 7.16. The predicted molar refractivity (Wildman–Crippen MR) is 49.0 cm³/mol. The molecule has 0 aliphatic rings. The molecule has 0 radical (unpaired) electrons. The van der Waals surface area contributed by atoms with Crippen molar-refractivity contribution in [2.45, 2.75) is 13.8 Å². The smallest absolute Gasteiger partial charge is 0.141 e. The molecule has 0 fully saturated rings. The van der Waals surface area contributed by atoms with Gasteiger partial charge in [-0.05, 0) is 19.4 Å². The molecule has 5 heteroatoms. The second-order valence-electron chi connectivity index (χ2n) is 2.55. The van der Waals surface area contributed by atoms with E-state index in [1.165, 1.54) is 0 Å². The Morgan fingerprint density at radius 1 is 1.62 bits per heavy atom. The first-order chi connectivity index (χ1) is 6.25. The van der Waals surface area contributed by atoms with E-state index in [2.05, 4.69) is 15.2 Å². The fourth-order valence-corrected chi connectivity index (χ4v) is 0.982. The molecule has 1 rings (SSSR count). The summed E-state index contributed by atoms with van der Waals surface area (Å²) < 4.78 is 4.95. The first kappa shape index (κ1) is 9.35. The van der Waals surface area contributed by atoms with Gasteiger partial charge in [-0.15, -0.1) is 0 Å². The summed E-state index contributed by atoms with van der Waals surface area (Å²) in [7, 11) is 0. The molecule has 0 spiro atoms. The maximum Gasteiger partial charge on any atom is 0.141 e. The molecule has 0 aliphatic heterocycles. The zero-order chi connectivity index (χ0) is 9.68. The third-order valence-electron chi connectivity index (χ3n) is 1.62. The minimum Gasteiger partial charge on any atom is -0.361 e. The lowest BCUT2D eigenvalue weighted by molar-refractivity contribution is 0.393. The molecule has 1 aromatic rings. The zero-order valence-corrected chi connectivity index (χ0v) is 7.56. The second kappa shape index (κ2) is 4.33. The average Bonchev–Trinajstić information content (AvgIpc) is 2.42. The third-order valence-corrected chi connectivity index (χ3v) is 1.62. The molecule has 0 unspecified atom stereocenters. The molecule has 5 nitrogen and oxygen atoms in total. The van der Waals surface area contributed by atoms with E-state index in [9.17, 15) is 0 Å². The highest BCUT2D eigenvalue weighted by Crippen LogP contribution is 2.13. The van der Waals surface area contributed by atoms with Gasteiger partial charge in [0.25, 0.3) is 0 Å². The van der Waals surface area contributed by atoms with Crippen molar-refractivity contribution in [2.75, 3.05) is 6.54 Å². The molecular weight excluding hydrogens is 168 g/mol. The number of hydrogen-bond acceptors (Lipinski definition) is 3. The number of aromatic nitrogens is 1. The summed E-state index contributed by atoms with van der Waals surface area (Å²) in [6.45, 7) is 4.05. The van der Waals surface area contributed by atoms with Crippen LogP contribution in [0, 0.1) is 13.8 Å². The summed E-state index contributed by atoms with van der Waals surface area (Å²) in [4.78, 5) is 2.63. The van der Waals surface area contributed by atoms with Gasteiger partial charge >= 0.3 is 0 Å². The molecule has 0 saturated carbocycles. The first-order valence-corrected chi connectivity index (χ1v) is 3.86. The van der Waals surface area contributed by atoms with Crippen molar-refractivity contribution in [2.24, 2.45) is 5.11 Å². The highest BCUT2D eigenvalue weighted by atomic mass is 16.5. The molecular formula is C8H10N4O. The molecule has 13 heavy (non-hydrogen) atoms. The van der Waals surface area contributed by atoms with E-state index in [0.717, 1.165) is 17.0 Å². The van der Waals surface area contributed by atoms with Crippen LogP contribution in [0.4, 0.5) is 0 Å². The van der Waals surface area contributed by atoms with Gasteiger partial charge in [-0.25, -0.2) is 0 Å². The maximum absolute atomic E-state index is 8.03. The van der Waals surface area contributed by atoms with Gasteiger partial charge in [-0.1, -0.05) is 22.4 Å². The van der Waals surface area contributed by atoms with E-state index in [1.54, 1.807) is 6.08 Å². The van der Waals surface area contributed by atoms with Crippen LogP contribution in [0.1, 0.15) is 17.0 Å². The summed E-state index contributed by atoms with van der Waals surface area (Å²) in [5.41, 5.74) is 9.82. The number of hydrogen-bond donors (Lipinski definition) is 0. The van der Waals surface area contributed by atoms with Crippen LogP contribution in [0.5, 0.6) is 0 Å². The second-order valence-corrected chi connectivity index (χ2v) is 2.55. The van der Waals surface area contributed by atoms with Crippen molar-refractivity contribution in [1.82, 2.24) is 5.16 Å². The Labute approximate surface area is 75.7 Å². The van der Waals surface area contributed by atoms with Crippen molar-refractivity contribution in [1.29, 1.82) is 0 Å². The Bertz CT molecular complexity index is 341. The van der Waals surface area contributed by atoms with E-state index < -0.39 is 0 Å². The Hall–Kier alpha value is -1.74. The number of azide groups is 1. The van der Waals surface area contributed by atoms with Crippen molar-refractivity contribution in [3.8, 4) is 0 Å². The van der Waals surface area contributed by atoms with Crippen molar-refractivity contribution < 1.29 is 4.52 Å². The number of aryl methyl sites for hydroxylation is 2. The monoisotopic (exact) mass is 178 g/mol. The Kier molecular flexibility index (Phi) is 3.11. The van der Waals surface area contributed by atoms with E-state index in [-0.39, 0.29) is 0 Å². The molecule has 68 valence electrons. The van der Waals surface area contributed by atoms with Gasteiger partial charge in [0.05, 0.1) is 5.69 Å². The summed E-state index contributed by atoms with van der Waals surface area (Å²) >= 11 is 0. The van der Waals surface area contributed by atoms with Gasteiger partial charge < -0.3 is 4.52 Å². The van der Waals surface area contributed by atoms with Gasteiger partial charge in [0.15, 0.2) is 0 Å². The third kappa shape index (κ3) is 2.35. The van der Waals surface area contributed by atoms with Crippen molar-refractivity contribution >= 4 is 6.08 Å². The molecule has 1 aromatic heterocycles. The molecule has 0 saturated heterocycles. The first-order valence-electron chi connectivity index (χ1n) is 3.86. The van der Waals surface area contributed by atoms with Crippen LogP contribution in [0.15, 0.2) is 15.7 Å². The van der Waals surface area contributed by atoms with Crippen LogP contribution in [0.3, 0.4) is 0 Å². The maximum atomic E-state index is 8.03. The lowest BCUT2D eigenvalue weighted by Gasteiger charge is -1.87. The van der Waals surface area contributed by atoms with Crippen LogP contribution >= 0.6 is 0 Å². The quantitative estimate of drug-likeness (QED) is 0.405. The van der Waals surface area contributed by atoms with E-state index in [4.69, 9.17) is 10.1 Å². The van der Waals surface area contributed by atoms with Gasteiger partial charge in [0, 0.05) is 17.0 Å². The number of rotatable bonds is 3.